The minimum Gasteiger partial charge on any atom is -1.00 e. The number of hydrogen-bond donors (Lipinski definition) is 1. The SMILES string of the molecule is Cc1ccc(COc2ccc(Cl)cc2CNCc2cccnc2)cc1.[Cl-]. The van der Waals surface area contributed by atoms with Crippen LogP contribution >= 0.6 is 11.6 Å². The average molecular weight is 388 g/mol. The van der Waals surface area contributed by atoms with Crippen molar-refractivity contribution in [3.8, 4) is 5.75 Å². The molecule has 1 heterocycles. The molecule has 0 bridgehead atoms. The molecule has 0 atom stereocenters. The number of benzene rings is 2. The molecule has 3 nitrogen and oxygen atoms in total. The molecule has 5 heteroatoms. The minimum atomic E-state index is 0. The van der Waals surface area contributed by atoms with E-state index in [1.165, 1.54) is 5.56 Å². The molecule has 0 unspecified atom stereocenters. The van der Waals surface area contributed by atoms with Crippen molar-refractivity contribution in [1.82, 2.24) is 10.3 Å². The highest BCUT2D eigenvalue weighted by Gasteiger charge is 2.06. The maximum Gasteiger partial charge on any atom is 0.124 e. The lowest BCUT2D eigenvalue weighted by Crippen LogP contribution is -3.00. The maximum atomic E-state index is 6.15. The van der Waals surface area contributed by atoms with Crippen molar-refractivity contribution >= 4 is 11.6 Å². The first-order valence-electron chi connectivity index (χ1n) is 8.27. The molecule has 1 N–H and O–H groups in total. The molecule has 0 aliphatic heterocycles. The largest absolute Gasteiger partial charge is 1.00 e. The first-order chi connectivity index (χ1) is 12.2. The lowest BCUT2D eigenvalue weighted by Gasteiger charge is -2.13. The van der Waals surface area contributed by atoms with Crippen LogP contribution in [-0.4, -0.2) is 4.98 Å². The van der Waals surface area contributed by atoms with Crippen LogP contribution in [0, 0.1) is 6.92 Å². The maximum absolute atomic E-state index is 6.15. The monoisotopic (exact) mass is 387 g/mol. The Kier molecular flexibility index (Phi) is 7.92. The first kappa shape index (κ1) is 20.2. The van der Waals surface area contributed by atoms with E-state index in [0.29, 0.717) is 18.2 Å². The summed E-state index contributed by atoms with van der Waals surface area (Å²) in [4.78, 5) is 4.13. The molecule has 0 radical (unpaired) electrons. The molecule has 26 heavy (non-hydrogen) atoms. The van der Waals surface area contributed by atoms with Crippen molar-refractivity contribution in [3.63, 3.8) is 0 Å². The zero-order chi connectivity index (χ0) is 17.5. The number of aryl methyl sites for hydroxylation is 1. The molecule has 136 valence electrons. The Morgan fingerprint density at radius 1 is 1.00 bits per heavy atom. The van der Waals surface area contributed by atoms with Gasteiger partial charge in [-0.15, -0.1) is 0 Å². The van der Waals surface area contributed by atoms with Gasteiger partial charge in [0.1, 0.15) is 12.4 Å². The summed E-state index contributed by atoms with van der Waals surface area (Å²) < 4.78 is 6.01. The van der Waals surface area contributed by atoms with Crippen LogP contribution in [0.3, 0.4) is 0 Å². The summed E-state index contributed by atoms with van der Waals surface area (Å²) >= 11 is 6.15. The molecule has 0 amide bonds. The van der Waals surface area contributed by atoms with Gasteiger partial charge in [0.05, 0.1) is 0 Å². The third-order valence-corrected chi connectivity index (χ3v) is 4.14. The molecule has 3 aromatic rings. The first-order valence-corrected chi connectivity index (χ1v) is 8.65. The molecule has 0 aliphatic carbocycles. The van der Waals surface area contributed by atoms with E-state index in [2.05, 4.69) is 41.5 Å². The Morgan fingerprint density at radius 3 is 2.54 bits per heavy atom. The van der Waals surface area contributed by atoms with Gasteiger partial charge < -0.3 is 22.5 Å². The van der Waals surface area contributed by atoms with Crippen LogP contribution in [-0.2, 0) is 19.7 Å². The van der Waals surface area contributed by atoms with Gasteiger partial charge in [0.15, 0.2) is 0 Å². The van der Waals surface area contributed by atoms with Crippen LogP contribution < -0.4 is 22.5 Å². The Balaban J connectivity index is 0.00000243. The minimum absolute atomic E-state index is 0. The molecule has 0 saturated carbocycles. The average Bonchev–Trinajstić information content (AvgIpc) is 2.63. The molecule has 3 rings (SSSR count). The number of hydrogen-bond acceptors (Lipinski definition) is 3. The van der Waals surface area contributed by atoms with Crippen LogP contribution in [0.15, 0.2) is 67.0 Å². The highest BCUT2D eigenvalue weighted by Crippen LogP contribution is 2.24. The van der Waals surface area contributed by atoms with Gasteiger partial charge in [0.2, 0.25) is 0 Å². The lowest BCUT2D eigenvalue weighted by molar-refractivity contribution is -0.00000543. The fourth-order valence-electron chi connectivity index (χ4n) is 2.52. The second kappa shape index (κ2) is 10.2. The predicted molar refractivity (Wildman–Crippen MR) is 102 cm³/mol. The van der Waals surface area contributed by atoms with E-state index in [0.717, 1.165) is 29.0 Å². The van der Waals surface area contributed by atoms with E-state index in [1.807, 2.05) is 36.5 Å². The van der Waals surface area contributed by atoms with Gasteiger partial charge in [-0.2, -0.15) is 0 Å². The Labute approximate surface area is 165 Å². The fraction of sp³-hybridized carbons (Fsp3) is 0.190. The van der Waals surface area contributed by atoms with Crippen molar-refractivity contribution in [1.29, 1.82) is 0 Å². The summed E-state index contributed by atoms with van der Waals surface area (Å²) in [6.45, 7) is 4.05. The number of ether oxygens (including phenoxy) is 1. The molecule has 2 aromatic carbocycles. The van der Waals surface area contributed by atoms with Crippen molar-refractivity contribution in [2.45, 2.75) is 26.6 Å². The summed E-state index contributed by atoms with van der Waals surface area (Å²) in [5.41, 5.74) is 4.58. The van der Waals surface area contributed by atoms with Crippen molar-refractivity contribution in [3.05, 3.63) is 94.3 Å². The number of rotatable bonds is 7. The van der Waals surface area contributed by atoms with E-state index in [4.69, 9.17) is 16.3 Å². The van der Waals surface area contributed by atoms with Gasteiger partial charge in [0, 0.05) is 36.1 Å². The van der Waals surface area contributed by atoms with Crippen LogP contribution in [0.2, 0.25) is 5.02 Å². The van der Waals surface area contributed by atoms with E-state index in [-0.39, 0.29) is 12.4 Å². The smallest absolute Gasteiger partial charge is 0.124 e. The second-order valence-corrected chi connectivity index (χ2v) is 6.43. The number of nitrogens with zero attached hydrogens (tertiary/aromatic N) is 1. The summed E-state index contributed by atoms with van der Waals surface area (Å²) in [6, 6.07) is 18.1. The third-order valence-electron chi connectivity index (χ3n) is 3.90. The van der Waals surface area contributed by atoms with E-state index < -0.39 is 0 Å². The van der Waals surface area contributed by atoms with Gasteiger partial charge in [-0.05, 0) is 42.3 Å². The molecule has 0 aliphatic rings. The number of aromatic nitrogens is 1. The summed E-state index contributed by atoms with van der Waals surface area (Å²) in [5, 5.41) is 4.12. The highest BCUT2D eigenvalue weighted by atomic mass is 35.5. The van der Waals surface area contributed by atoms with Gasteiger partial charge >= 0.3 is 0 Å². The molecule has 0 spiro atoms. The molecular weight excluding hydrogens is 367 g/mol. The normalized spacial score (nSPS) is 10.2. The fourth-order valence-corrected chi connectivity index (χ4v) is 2.71. The Hall–Kier alpha value is -2.07. The molecular formula is C21H21Cl2N2O-. The Morgan fingerprint density at radius 2 is 1.81 bits per heavy atom. The van der Waals surface area contributed by atoms with Crippen molar-refractivity contribution in [2.24, 2.45) is 0 Å². The highest BCUT2D eigenvalue weighted by molar-refractivity contribution is 6.30. The third kappa shape index (κ3) is 6.03. The predicted octanol–water partition coefficient (Wildman–Crippen LogP) is 1.92. The zero-order valence-corrected chi connectivity index (χ0v) is 16.1. The molecule has 1 aromatic heterocycles. The van der Waals surface area contributed by atoms with E-state index >= 15 is 0 Å². The summed E-state index contributed by atoms with van der Waals surface area (Å²) in [7, 11) is 0. The van der Waals surface area contributed by atoms with Gasteiger partial charge in [-0.25, -0.2) is 0 Å². The second-order valence-electron chi connectivity index (χ2n) is 5.99. The zero-order valence-electron chi connectivity index (χ0n) is 14.6. The summed E-state index contributed by atoms with van der Waals surface area (Å²) in [5.74, 6) is 0.851. The quantitative estimate of drug-likeness (QED) is 0.672. The Bertz CT molecular complexity index is 808. The van der Waals surface area contributed by atoms with Gasteiger partial charge in [-0.3, -0.25) is 4.98 Å². The summed E-state index contributed by atoms with van der Waals surface area (Å²) in [6.07, 6.45) is 3.64. The molecule has 0 fully saturated rings. The number of nitrogens with one attached hydrogen (secondary N) is 1. The standard InChI is InChI=1S/C21H21ClN2O.ClH/c1-16-4-6-17(7-5-16)15-25-21-9-8-20(22)11-19(21)14-24-13-18-3-2-10-23-12-18;/h2-12,24H,13-15H2,1H3;1H/p-1. The van der Waals surface area contributed by atoms with Crippen molar-refractivity contribution in [2.75, 3.05) is 0 Å². The van der Waals surface area contributed by atoms with Crippen LogP contribution in [0.25, 0.3) is 0 Å². The topological polar surface area (TPSA) is 34.1 Å². The van der Waals surface area contributed by atoms with Crippen LogP contribution in [0.5, 0.6) is 5.75 Å². The number of halogens is 2. The van der Waals surface area contributed by atoms with E-state index in [9.17, 15) is 0 Å². The van der Waals surface area contributed by atoms with Gasteiger partial charge in [0.25, 0.3) is 0 Å². The molecule has 0 saturated heterocycles. The van der Waals surface area contributed by atoms with Crippen LogP contribution in [0.1, 0.15) is 22.3 Å². The van der Waals surface area contributed by atoms with E-state index in [1.54, 1.807) is 6.20 Å². The lowest BCUT2D eigenvalue weighted by atomic mass is 10.1. The number of pyridine rings is 1. The van der Waals surface area contributed by atoms with Gasteiger partial charge in [-0.1, -0.05) is 47.5 Å². The van der Waals surface area contributed by atoms with Crippen LogP contribution in [0.4, 0.5) is 0 Å². The van der Waals surface area contributed by atoms with Crippen molar-refractivity contribution < 1.29 is 17.1 Å².